The maximum atomic E-state index is 5.10. The van der Waals surface area contributed by atoms with Crippen LogP contribution in [0.2, 0.25) is 0 Å². The Kier molecular flexibility index (Phi) is 6.42. The van der Waals surface area contributed by atoms with E-state index in [1.54, 1.807) is 0 Å². The van der Waals surface area contributed by atoms with Crippen LogP contribution in [0.4, 0.5) is 0 Å². The van der Waals surface area contributed by atoms with Crippen LogP contribution >= 0.6 is 0 Å². The van der Waals surface area contributed by atoms with Gasteiger partial charge < -0.3 is 0 Å². The van der Waals surface area contributed by atoms with E-state index < -0.39 is 0 Å². The molecule has 5 aromatic carbocycles. The van der Waals surface area contributed by atoms with Gasteiger partial charge in [0.2, 0.25) is 0 Å². The van der Waals surface area contributed by atoms with Gasteiger partial charge in [-0.2, -0.15) is 0 Å². The Morgan fingerprint density at radius 2 is 0.980 bits per heavy atom. The zero-order chi connectivity index (χ0) is 33.0. The minimum absolute atomic E-state index is 0.911. The van der Waals surface area contributed by atoms with E-state index in [1.165, 1.54) is 0 Å². The predicted molar refractivity (Wildman–Crippen MR) is 205 cm³/mol. The van der Waals surface area contributed by atoms with Crippen LogP contribution < -0.4 is 0 Å². The highest BCUT2D eigenvalue weighted by Crippen LogP contribution is 2.33. The van der Waals surface area contributed by atoms with Gasteiger partial charge in [-0.3, -0.25) is 9.97 Å². The van der Waals surface area contributed by atoms with Crippen molar-refractivity contribution in [2.24, 2.45) is 0 Å². The summed E-state index contributed by atoms with van der Waals surface area (Å²) in [7, 11) is 0. The molecule has 232 valence electrons. The number of benzene rings is 5. The van der Waals surface area contributed by atoms with Crippen molar-refractivity contribution in [2.75, 3.05) is 0 Å². The Hall–Kier alpha value is -6.85. The number of rotatable bonds is 4. The number of aromatic nitrogens is 5. The van der Waals surface area contributed by atoms with Crippen molar-refractivity contribution < 1.29 is 0 Å². The summed E-state index contributed by atoms with van der Waals surface area (Å²) in [5, 5.41) is 5.46. The molecule has 0 amide bonds. The van der Waals surface area contributed by atoms with Gasteiger partial charge in [0.25, 0.3) is 0 Å². The Labute approximate surface area is 287 Å². The predicted octanol–water partition coefficient (Wildman–Crippen LogP) is 11.1. The summed E-state index contributed by atoms with van der Waals surface area (Å²) in [5.74, 6) is 0. The maximum Gasteiger partial charge on any atom is 0.0972 e. The highest BCUT2D eigenvalue weighted by molar-refractivity contribution is 6.03. The van der Waals surface area contributed by atoms with Gasteiger partial charge in [0.15, 0.2) is 0 Å². The van der Waals surface area contributed by atoms with E-state index in [2.05, 4.69) is 137 Å². The first-order valence-corrected chi connectivity index (χ1v) is 16.7. The molecule has 0 aliphatic rings. The lowest BCUT2D eigenvalue weighted by molar-refractivity contribution is 1.36. The summed E-state index contributed by atoms with van der Waals surface area (Å²) in [5.41, 5.74) is 12.9. The largest absolute Gasteiger partial charge is 0.256 e. The SMILES string of the molecule is c1cc(-c2ccc3cc(-c4ccc5ccc(-c6cccc7ncccc67)nc5c4)ccc3n2)cc(-c2ccc3ccc4cccnc4c3n2)c1. The molecule has 5 nitrogen and oxygen atoms in total. The van der Waals surface area contributed by atoms with Crippen molar-refractivity contribution in [3.63, 3.8) is 0 Å². The first kappa shape index (κ1) is 28.2. The van der Waals surface area contributed by atoms with Crippen LogP contribution in [0.25, 0.3) is 99.4 Å². The molecule has 10 aromatic rings. The third kappa shape index (κ3) is 4.83. The van der Waals surface area contributed by atoms with Gasteiger partial charge >= 0.3 is 0 Å². The van der Waals surface area contributed by atoms with Gasteiger partial charge in [-0.1, -0.05) is 91.0 Å². The summed E-state index contributed by atoms with van der Waals surface area (Å²) in [6.07, 6.45) is 3.65. The summed E-state index contributed by atoms with van der Waals surface area (Å²) in [6.45, 7) is 0. The lowest BCUT2D eigenvalue weighted by Gasteiger charge is -2.10. The molecule has 0 bridgehead atoms. The number of hydrogen-bond donors (Lipinski definition) is 0. The fourth-order valence-electron chi connectivity index (χ4n) is 6.96. The zero-order valence-corrected chi connectivity index (χ0v) is 26.8. The topological polar surface area (TPSA) is 64.5 Å². The van der Waals surface area contributed by atoms with E-state index in [4.69, 9.17) is 15.0 Å². The fourth-order valence-corrected chi connectivity index (χ4v) is 6.96. The molecule has 0 saturated heterocycles. The van der Waals surface area contributed by atoms with Crippen molar-refractivity contribution in [1.82, 2.24) is 24.9 Å². The van der Waals surface area contributed by atoms with Crippen LogP contribution in [-0.2, 0) is 0 Å². The second-order valence-electron chi connectivity index (χ2n) is 12.6. The second-order valence-corrected chi connectivity index (χ2v) is 12.6. The average Bonchev–Trinajstić information content (AvgIpc) is 3.19. The lowest BCUT2D eigenvalue weighted by Crippen LogP contribution is -1.90. The summed E-state index contributed by atoms with van der Waals surface area (Å²) < 4.78 is 0. The van der Waals surface area contributed by atoms with Gasteiger partial charge in [0.05, 0.1) is 44.7 Å². The Bertz CT molecular complexity index is 2950. The summed E-state index contributed by atoms with van der Waals surface area (Å²) in [4.78, 5) is 24.4. The van der Waals surface area contributed by atoms with Gasteiger partial charge in [0.1, 0.15) is 0 Å². The number of fused-ring (bicyclic) bond motifs is 6. The van der Waals surface area contributed by atoms with Crippen LogP contribution in [0.15, 0.2) is 164 Å². The van der Waals surface area contributed by atoms with Gasteiger partial charge in [-0.25, -0.2) is 15.0 Å². The minimum atomic E-state index is 0.911. The molecule has 0 fully saturated rings. The van der Waals surface area contributed by atoms with Gasteiger partial charge in [0, 0.05) is 56.0 Å². The van der Waals surface area contributed by atoms with E-state index in [0.29, 0.717) is 0 Å². The van der Waals surface area contributed by atoms with Crippen LogP contribution in [0, 0.1) is 0 Å². The van der Waals surface area contributed by atoms with Crippen molar-refractivity contribution in [3.8, 4) is 44.9 Å². The molecular formula is C45H27N5. The first-order chi connectivity index (χ1) is 24.7. The molecule has 5 aromatic heterocycles. The third-order valence-corrected chi connectivity index (χ3v) is 9.52. The molecule has 0 N–H and O–H groups in total. The second kappa shape index (κ2) is 11.4. The Morgan fingerprint density at radius 3 is 1.90 bits per heavy atom. The highest BCUT2D eigenvalue weighted by atomic mass is 14.8. The number of hydrogen-bond acceptors (Lipinski definition) is 5. The third-order valence-electron chi connectivity index (χ3n) is 9.52. The van der Waals surface area contributed by atoms with Crippen LogP contribution in [-0.4, -0.2) is 24.9 Å². The Balaban J connectivity index is 0.978. The fraction of sp³-hybridized carbons (Fsp3) is 0. The highest BCUT2D eigenvalue weighted by Gasteiger charge is 2.11. The van der Waals surface area contributed by atoms with Crippen molar-refractivity contribution in [2.45, 2.75) is 0 Å². The first-order valence-electron chi connectivity index (χ1n) is 16.7. The molecule has 0 saturated carbocycles. The standard InChI is InChI=1S/C45H27N5/c1-5-33(26-34(6-1)40-19-16-30-13-12-29-7-3-24-47-44(29)45(30)50-40)38-21-18-35-25-31(17-20-39(35)48-38)32-14-11-28-15-22-42(49-43(28)27-32)37-8-2-10-41-36(37)9-4-23-46-41/h1-27H. The Morgan fingerprint density at radius 1 is 0.320 bits per heavy atom. The lowest BCUT2D eigenvalue weighted by atomic mass is 9.99. The van der Waals surface area contributed by atoms with Crippen LogP contribution in [0.3, 0.4) is 0 Å². The molecular weight excluding hydrogens is 611 g/mol. The zero-order valence-electron chi connectivity index (χ0n) is 26.8. The number of pyridine rings is 5. The normalized spacial score (nSPS) is 11.6. The molecule has 10 rings (SSSR count). The molecule has 0 aliphatic carbocycles. The quantitative estimate of drug-likeness (QED) is 0.180. The monoisotopic (exact) mass is 637 g/mol. The van der Waals surface area contributed by atoms with E-state index in [0.717, 1.165) is 99.4 Å². The molecule has 0 spiro atoms. The maximum absolute atomic E-state index is 5.10. The van der Waals surface area contributed by atoms with Crippen LogP contribution in [0.5, 0.6) is 0 Å². The summed E-state index contributed by atoms with van der Waals surface area (Å²) in [6, 6.07) is 52.6. The molecule has 50 heavy (non-hydrogen) atoms. The molecule has 0 aliphatic heterocycles. The van der Waals surface area contributed by atoms with Crippen molar-refractivity contribution in [1.29, 1.82) is 0 Å². The van der Waals surface area contributed by atoms with E-state index in [9.17, 15) is 0 Å². The molecule has 5 heterocycles. The minimum Gasteiger partial charge on any atom is -0.256 e. The summed E-state index contributed by atoms with van der Waals surface area (Å²) >= 11 is 0. The van der Waals surface area contributed by atoms with E-state index >= 15 is 0 Å². The van der Waals surface area contributed by atoms with E-state index in [1.807, 2.05) is 36.7 Å². The van der Waals surface area contributed by atoms with Crippen molar-refractivity contribution >= 4 is 54.5 Å². The smallest absolute Gasteiger partial charge is 0.0972 e. The van der Waals surface area contributed by atoms with Crippen LogP contribution in [0.1, 0.15) is 0 Å². The number of nitrogens with zero attached hydrogens (tertiary/aromatic N) is 5. The van der Waals surface area contributed by atoms with Gasteiger partial charge in [-0.05, 0) is 71.8 Å². The van der Waals surface area contributed by atoms with E-state index in [-0.39, 0.29) is 0 Å². The molecule has 0 unspecified atom stereocenters. The molecule has 0 radical (unpaired) electrons. The molecule has 0 atom stereocenters. The average molecular weight is 638 g/mol. The molecule has 5 heteroatoms. The van der Waals surface area contributed by atoms with Gasteiger partial charge in [-0.15, -0.1) is 0 Å². The van der Waals surface area contributed by atoms with Crippen molar-refractivity contribution in [3.05, 3.63) is 164 Å².